The first-order valence-electron chi connectivity index (χ1n) is 7.62. The molecule has 1 aromatic heterocycles. The van der Waals surface area contributed by atoms with Gasteiger partial charge in [0.05, 0.1) is 5.39 Å². The summed E-state index contributed by atoms with van der Waals surface area (Å²) < 4.78 is 6.93. The van der Waals surface area contributed by atoms with E-state index < -0.39 is 0 Å². The lowest BCUT2D eigenvalue weighted by Gasteiger charge is -2.12. The van der Waals surface area contributed by atoms with E-state index in [0.717, 1.165) is 0 Å². The van der Waals surface area contributed by atoms with Gasteiger partial charge in [-0.15, -0.1) is 5.10 Å². The van der Waals surface area contributed by atoms with Crippen LogP contribution in [-0.2, 0) is 6.73 Å². The number of nitrogens with zero attached hydrogens (tertiary/aromatic N) is 3. The van der Waals surface area contributed by atoms with E-state index in [4.69, 9.17) is 4.74 Å². The molecule has 5 nitrogen and oxygen atoms in total. The van der Waals surface area contributed by atoms with Crippen LogP contribution in [0.3, 0.4) is 0 Å². The maximum atomic E-state index is 12.3. The van der Waals surface area contributed by atoms with Crippen LogP contribution in [0.25, 0.3) is 10.9 Å². The van der Waals surface area contributed by atoms with Gasteiger partial charge in [-0.3, -0.25) is 4.79 Å². The third-order valence-corrected chi connectivity index (χ3v) is 3.85. The summed E-state index contributed by atoms with van der Waals surface area (Å²) in [6, 6.07) is 13.1. The smallest absolute Gasteiger partial charge is 0.280 e. The van der Waals surface area contributed by atoms with Gasteiger partial charge in [-0.05, 0) is 48.2 Å². The first-order chi connectivity index (χ1) is 11.1. The Balaban J connectivity index is 1.82. The molecule has 0 aliphatic heterocycles. The molecule has 1 heterocycles. The van der Waals surface area contributed by atoms with Gasteiger partial charge in [-0.1, -0.05) is 37.3 Å². The molecule has 0 N–H and O–H groups in total. The summed E-state index contributed by atoms with van der Waals surface area (Å²) in [6.07, 6.45) is 0. The zero-order valence-electron chi connectivity index (χ0n) is 13.5. The van der Waals surface area contributed by atoms with E-state index in [-0.39, 0.29) is 12.3 Å². The van der Waals surface area contributed by atoms with E-state index in [1.165, 1.54) is 15.8 Å². The molecule has 0 amide bonds. The summed E-state index contributed by atoms with van der Waals surface area (Å²) in [5.74, 6) is 1.19. The van der Waals surface area contributed by atoms with Crippen LogP contribution < -0.4 is 10.3 Å². The minimum absolute atomic E-state index is 0.0388. The van der Waals surface area contributed by atoms with Crippen LogP contribution in [0.2, 0.25) is 0 Å². The van der Waals surface area contributed by atoms with Gasteiger partial charge in [0.15, 0.2) is 6.73 Å². The fourth-order valence-electron chi connectivity index (χ4n) is 2.63. The molecule has 5 heteroatoms. The lowest BCUT2D eigenvalue weighted by Crippen LogP contribution is -2.26. The number of fused-ring (bicyclic) bond motifs is 1. The standard InChI is InChI=1S/C18H19N3O2/c1-12(2)15-9-8-14(10-13(15)3)23-11-21-18(22)16-6-4-5-7-17(16)19-20-21/h4-10,12H,11H2,1-3H3. The summed E-state index contributed by atoms with van der Waals surface area (Å²) in [5, 5.41) is 8.50. The molecule has 0 aliphatic rings. The molecule has 0 unspecified atom stereocenters. The zero-order valence-corrected chi connectivity index (χ0v) is 13.5. The third kappa shape index (κ3) is 3.08. The SMILES string of the molecule is Cc1cc(OCn2nnc3ccccc3c2=O)ccc1C(C)C. The van der Waals surface area contributed by atoms with Crippen molar-refractivity contribution in [2.24, 2.45) is 0 Å². The summed E-state index contributed by atoms with van der Waals surface area (Å²) in [4.78, 5) is 12.3. The Morgan fingerprint density at radius 2 is 1.96 bits per heavy atom. The van der Waals surface area contributed by atoms with E-state index in [2.05, 4.69) is 37.1 Å². The second-order valence-electron chi connectivity index (χ2n) is 5.86. The van der Waals surface area contributed by atoms with Gasteiger partial charge in [0.25, 0.3) is 5.56 Å². The van der Waals surface area contributed by atoms with E-state index >= 15 is 0 Å². The van der Waals surface area contributed by atoms with Gasteiger partial charge in [0, 0.05) is 0 Å². The minimum atomic E-state index is -0.203. The van der Waals surface area contributed by atoms with E-state index in [1.807, 2.05) is 24.3 Å². The van der Waals surface area contributed by atoms with E-state index in [0.29, 0.717) is 22.6 Å². The van der Waals surface area contributed by atoms with Crippen LogP contribution >= 0.6 is 0 Å². The first kappa shape index (κ1) is 15.2. The van der Waals surface area contributed by atoms with Crippen molar-refractivity contribution < 1.29 is 4.74 Å². The molecule has 0 saturated carbocycles. The van der Waals surface area contributed by atoms with Crippen molar-refractivity contribution in [3.05, 3.63) is 63.9 Å². The molecule has 3 rings (SSSR count). The van der Waals surface area contributed by atoms with Crippen molar-refractivity contribution in [3.8, 4) is 5.75 Å². The Hall–Kier alpha value is -2.69. The first-order valence-corrected chi connectivity index (χ1v) is 7.62. The minimum Gasteiger partial charge on any atom is -0.471 e. The predicted octanol–water partition coefficient (Wildman–Crippen LogP) is 3.26. The highest BCUT2D eigenvalue weighted by Crippen LogP contribution is 2.23. The summed E-state index contributed by atoms with van der Waals surface area (Å²) >= 11 is 0. The molecule has 0 fully saturated rings. The zero-order chi connectivity index (χ0) is 16.4. The average Bonchev–Trinajstić information content (AvgIpc) is 2.54. The monoisotopic (exact) mass is 309 g/mol. The molecular formula is C18H19N3O2. The third-order valence-electron chi connectivity index (χ3n) is 3.85. The lowest BCUT2D eigenvalue weighted by atomic mass is 9.98. The Morgan fingerprint density at radius 1 is 1.17 bits per heavy atom. The largest absolute Gasteiger partial charge is 0.471 e. The fourth-order valence-corrected chi connectivity index (χ4v) is 2.63. The van der Waals surface area contributed by atoms with Crippen molar-refractivity contribution in [1.29, 1.82) is 0 Å². The molecule has 23 heavy (non-hydrogen) atoms. The molecule has 0 radical (unpaired) electrons. The molecule has 0 spiro atoms. The predicted molar refractivity (Wildman–Crippen MR) is 89.7 cm³/mol. The highest BCUT2D eigenvalue weighted by atomic mass is 16.5. The van der Waals surface area contributed by atoms with E-state index in [1.54, 1.807) is 12.1 Å². The van der Waals surface area contributed by atoms with E-state index in [9.17, 15) is 4.79 Å². The van der Waals surface area contributed by atoms with Gasteiger partial charge < -0.3 is 4.74 Å². The molecular weight excluding hydrogens is 290 g/mol. The maximum Gasteiger partial charge on any atom is 0.280 e. The van der Waals surface area contributed by atoms with Crippen LogP contribution in [0.15, 0.2) is 47.3 Å². The Morgan fingerprint density at radius 3 is 2.70 bits per heavy atom. The van der Waals surface area contributed by atoms with Crippen LogP contribution in [0.5, 0.6) is 5.75 Å². The maximum absolute atomic E-state index is 12.3. The number of aryl methyl sites for hydroxylation is 1. The van der Waals surface area contributed by atoms with Gasteiger partial charge >= 0.3 is 0 Å². The number of rotatable bonds is 4. The van der Waals surface area contributed by atoms with Crippen LogP contribution in [-0.4, -0.2) is 15.0 Å². The average molecular weight is 309 g/mol. The summed E-state index contributed by atoms with van der Waals surface area (Å²) in [5.41, 5.74) is 2.85. The van der Waals surface area contributed by atoms with Gasteiger partial charge in [-0.2, -0.15) is 4.68 Å². The van der Waals surface area contributed by atoms with Crippen molar-refractivity contribution in [3.63, 3.8) is 0 Å². The highest BCUT2D eigenvalue weighted by Gasteiger charge is 2.07. The molecule has 3 aromatic rings. The second kappa shape index (κ2) is 6.20. The molecule has 118 valence electrons. The van der Waals surface area contributed by atoms with Gasteiger partial charge in [-0.25, -0.2) is 0 Å². The van der Waals surface area contributed by atoms with Crippen molar-refractivity contribution in [1.82, 2.24) is 15.0 Å². The molecule has 0 atom stereocenters. The molecule has 2 aromatic carbocycles. The van der Waals surface area contributed by atoms with Crippen LogP contribution in [0, 0.1) is 6.92 Å². The molecule has 0 bridgehead atoms. The number of hydrogen-bond donors (Lipinski definition) is 0. The van der Waals surface area contributed by atoms with Gasteiger partial charge in [0.1, 0.15) is 11.3 Å². The van der Waals surface area contributed by atoms with Crippen molar-refractivity contribution >= 4 is 10.9 Å². The Bertz CT molecular complexity index is 900. The van der Waals surface area contributed by atoms with Crippen LogP contribution in [0.1, 0.15) is 30.9 Å². The van der Waals surface area contributed by atoms with Crippen molar-refractivity contribution in [2.45, 2.75) is 33.4 Å². The number of hydrogen-bond acceptors (Lipinski definition) is 4. The van der Waals surface area contributed by atoms with Crippen LogP contribution in [0.4, 0.5) is 0 Å². The fraction of sp³-hybridized carbons (Fsp3) is 0.278. The summed E-state index contributed by atoms with van der Waals surface area (Å²) in [7, 11) is 0. The summed E-state index contributed by atoms with van der Waals surface area (Å²) in [6.45, 7) is 6.42. The topological polar surface area (TPSA) is 57.0 Å². The number of ether oxygens (including phenoxy) is 1. The van der Waals surface area contributed by atoms with Crippen molar-refractivity contribution in [2.75, 3.05) is 0 Å². The number of benzene rings is 2. The highest BCUT2D eigenvalue weighted by molar-refractivity contribution is 5.76. The molecule has 0 aliphatic carbocycles. The van der Waals surface area contributed by atoms with Gasteiger partial charge in [0.2, 0.25) is 0 Å². The Labute approximate surface area is 134 Å². The second-order valence-corrected chi connectivity index (χ2v) is 5.86. The number of aromatic nitrogens is 3. The normalized spacial score (nSPS) is 11.1. The lowest BCUT2D eigenvalue weighted by molar-refractivity contribution is 0.210. The molecule has 0 saturated heterocycles. The Kier molecular flexibility index (Phi) is 4.10. The quantitative estimate of drug-likeness (QED) is 0.742.